The van der Waals surface area contributed by atoms with Crippen molar-refractivity contribution in [1.29, 1.82) is 0 Å². The van der Waals surface area contributed by atoms with Gasteiger partial charge in [-0.2, -0.15) is 5.10 Å². The van der Waals surface area contributed by atoms with Crippen molar-refractivity contribution in [2.75, 3.05) is 0 Å². The normalized spacial score (nSPS) is 11.3. The van der Waals surface area contributed by atoms with Crippen molar-refractivity contribution in [1.82, 2.24) is 10.9 Å². The molecule has 0 aliphatic carbocycles. The molecule has 0 spiro atoms. The van der Waals surface area contributed by atoms with Crippen LogP contribution < -0.4 is 15.6 Å². The first-order valence-corrected chi connectivity index (χ1v) is 7.13. The second-order valence-electron chi connectivity index (χ2n) is 4.92. The number of rotatable bonds is 5. The summed E-state index contributed by atoms with van der Waals surface area (Å²) in [5.74, 6) is -3.53. The van der Waals surface area contributed by atoms with Gasteiger partial charge in [0.05, 0.1) is 11.8 Å². The van der Waals surface area contributed by atoms with Gasteiger partial charge in [-0.25, -0.2) is 15.3 Å². The number of amides is 2. The Morgan fingerprint density at radius 3 is 2.44 bits per heavy atom. The number of carbonyl (C=O) groups excluding carboxylic acids is 2. The number of nitrogens with one attached hydrogen (secondary N) is 2. The average Bonchev–Trinajstić information content (AvgIpc) is 2.61. The number of benzene rings is 2. The molecule has 27 heavy (non-hydrogen) atoms. The predicted octanol–water partition coefficient (Wildman–Crippen LogP) is 2.61. The molecule has 0 aliphatic heterocycles. The zero-order valence-corrected chi connectivity index (χ0v) is 13.2. The lowest BCUT2D eigenvalue weighted by Gasteiger charge is -2.11. The minimum absolute atomic E-state index is 0.121. The van der Waals surface area contributed by atoms with Gasteiger partial charge in [-0.05, 0) is 30.3 Å². The number of nitrogens with zero attached hydrogens (tertiary/aromatic N) is 1. The standard InChI is InChI=1S/C16H11F4N3O4/c17-12-7-9(14(24)23-26)5-6-10(12)8-21-22-15(25)11-3-1-2-4-13(11)27-16(18,19)20/h1-8,26H,(H,22,25)(H,23,24). The van der Waals surface area contributed by atoms with Crippen LogP contribution in [0.2, 0.25) is 0 Å². The number of carbonyl (C=O) groups is 2. The van der Waals surface area contributed by atoms with Gasteiger partial charge in [-0.15, -0.1) is 13.2 Å². The number of hydroxylamine groups is 1. The van der Waals surface area contributed by atoms with E-state index in [9.17, 15) is 27.2 Å². The largest absolute Gasteiger partial charge is 0.573 e. The van der Waals surface area contributed by atoms with E-state index in [1.807, 2.05) is 5.43 Å². The molecule has 2 aromatic rings. The Labute approximate surface area is 149 Å². The van der Waals surface area contributed by atoms with E-state index in [-0.39, 0.29) is 11.1 Å². The first-order chi connectivity index (χ1) is 12.7. The number of hydrogen-bond acceptors (Lipinski definition) is 5. The summed E-state index contributed by atoms with van der Waals surface area (Å²) in [4.78, 5) is 23.1. The molecule has 0 saturated heterocycles. The van der Waals surface area contributed by atoms with Crippen LogP contribution in [0.4, 0.5) is 17.6 Å². The number of hydrogen-bond donors (Lipinski definition) is 3. The Kier molecular flexibility index (Phi) is 6.08. The van der Waals surface area contributed by atoms with Gasteiger partial charge in [0, 0.05) is 11.1 Å². The van der Waals surface area contributed by atoms with Crippen LogP contribution in [0.15, 0.2) is 47.6 Å². The smallest absolute Gasteiger partial charge is 0.405 e. The van der Waals surface area contributed by atoms with Crippen molar-refractivity contribution in [3.8, 4) is 5.75 Å². The summed E-state index contributed by atoms with van der Waals surface area (Å²) in [6.07, 6.45) is -4.09. The van der Waals surface area contributed by atoms with Crippen LogP contribution in [0.25, 0.3) is 0 Å². The third kappa shape index (κ3) is 5.51. The van der Waals surface area contributed by atoms with E-state index >= 15 is 0 Å². The fourth-order valence-electron chi connectivity index (χ4n) is 1.93. The molecule has 2 aromatic carbocycles. The molecular weight excluding hydrogens is 374 g/mol. The van der Waals surface area contributed by atoms with Crippen LogP contribution >= 0.6 is 0 Å². The van der Waals surface area contributed by atoms with E-state index in [0.29, 0.717) is 0 Å². The van der Waals surface area contributed by atoms with Crippen LogP contribution in [0.3, 0.4) is 0 Å². The fraction of sp³-hybridized carbons (Fsp3) is 0.0625. The molecule has 0 unspecified atom stereocenters. The summed E-state index contributed by atoms with van der Waals surface area (Å²) in [5.41, 5.74) is 2.58. The van der Waals surface area contributed by atoms with Crippen LogP contribution in [0.1, 0.15) is 26.3 Å². The summed E-state index contributed by atoms with van der Waals surface area (Å²) in [6.45, 7) is 0. The van der Waals surface area contributed by atoms with Crippen molar-refractivity contribution in [2.45, 2.75) is 6.36 Å². The minimum Gasteiger partial charge on any atom is -0.405 e. The molecule has 0 aromatic heterocycles. The fourth-order valence-corrected chi connectivity index (χ4v) is 1.93. The molecule has 0 heterocycles. The van der Waals surface area contributed by atoms with Gasteiger partial charge in [-0.1, -0.05) is 12.1 Å². The third-order valence-corrected chi connectivity index (χ3v) is 3.09. The molecule has 0 radical (unpaired) electrons. The lowest BCUT2D eigenvalue weighted by Crippen LogP contribution is -2.22. The molecule has 0 atom stereocenters. The molecule has 0 fully saturated rings. The van der Waals surface area contributed by atoms with E-state index < -0.39 is 35.3 Å². The number of alkyl halides is 3. The molecule has 7 nitrogen and oxygen atoms in total. The second-order valence-corrected chi connectivity index (χ2v) is 4.92. The Bertz CT molecular complexity index is 884. The van der Waals surface area contributed by atoms with Gasteiger partial charge in [0.1, 0.15) is 11.6 Å². The predicted molar refractivity (Wildman–Crippen MR) is 83.8 cm³/mol. The molecule has 0 bridgehead atoms. The highest BCUT2D eigenvalue weighted by atomic mass is 19.4. The van der Waals surface area contributed by atoms with E-state index in [0.717, 1.165) is 30.5 Å². The monoisotopic (exact) mass is 385 g/mol. The summed E-state index contributed by atoms with van der Waals surface area (Å²) in [5, 5.41) is 11.9. The van der Waals surface area contributed by atoms with Crippen LogP contribution in [0.5, 0.6) is 5.75 Å². The van der Waals surface area contributed by atoms with E-state index in [1.54, 1.807) is 0 Å². The lowest BCUT2D eigenvalue weighted by molar-refractivity contribution is -0.274. The zero-order valence-electron chi connectivity index (χ0n) is 13.2. The molecule has 2 amide bonds. The number of halogens is 4. The SMILES string of the molecule is O=C(NO)c1ccc(C=NNC(=O)c2ccccc2OC(F)(F)F)c(F)c1. The van der Waals surface area contributed by atoms with Gasteiger partial charge in [0.15, 0.2) is 0 Å². The highest BCUT2D eigenvalue weighted by Gasteiger charge is 2.32. The summed E-state index contributed by atoms with van der Waals surface area (Å²) >= 11 is 0. The average molecular weight is 385 g/mol. The molecule has 3 N–H and O–H groups in total. The molecule has 142 valence electrons. The van der Waals surface area contributed by atoms with Gasteiger partial charge in [0.2, 0.25) is 0 Å². The zero-order chi connectivity index (χ0) is 20.0. The number of ether oxygens (including phenoxy) is 1. The molecule has 0 aliphatic rings. The van der Waals surface area contributed by atoms with Crippen molar-refractivity contribution < 1.29 is 37.1 Å². The van der Waals surface area contributed by atoms with Gasteiger partial charge >= 0.3 is 6.36 Å². The molecule has 0 saturated carbocycles. The topological polar surface area (TPSA) is 100 Å². The number of hydrazone groups is 1. The van der Waals surface area contributed by atoms with E-state index in [1.165, 1.54) is 23.7 Å². The van der Waals surface area contributed by atoms with Crippen LogP contribution in [-0.4, -0.2) is 29.6 Å². The van der Waals surface area contributed by atoms with Crippen LogP contribution in [0, 0.1) is 5.82 Å². The summed E-state index contributed by atoms with van der Waals surface area (Å²) < 4.78 is 54.6. The first-order valence-electron chi connectivity index (χ1n) is 7.13. The molecule has 11 heteroatoms. The van der Waals surface area contributed by atoms with Crippen molar-refractivity contribution in [2.24, 2.45) is 5.10 Å². The van der Waals surface area contributed by atoms with Crippen molar-refractivity contribution in [3.05, 3.63) is 65.0 Å². The maximum atomic E-state index is 13.8. The highest BCUT2D eigenvalue weighted by molar-refractivity contribution is 5.97. The minimum atomic E-state index is -4.98. The summed E-state index contributed by atoms with van der Waals surface area (Å²) in [6, 6.07) is 7.78. The molecular formula is C16H11F4N3O4. The Morgan fingerprint density at radius 2 is 1.81 bits per heavy atom. The Balaban J connectivity index is 2.11. The second kappa shape index (κ2) is 8.27. The number of para-hydroxylation sites is 1. The highest BCUT2D eigenvalue weighted by Crippen LogP contribution is 2.26. The lowest BCUT2D eigenvalue weighted by atomic mass is 10.1. The van der Waals surface area contributed by atoms with E-state index in [2.05, 4.69) is 9.84 Å². The third-order valence-electron chi connectivity index (χ3n) is 3.09. The Hall–Kier alpha value is -3.47. The maximum Gasteiger partial charge on any atom is 0.573 e. The maximum absolute atomic E-state index is 13.8. The van der Waals surface area contributed by atoms with Crippen molar-refractivity contribution in [3.63, 3.8) is 0 Å². The van der Waals surface area contributed by atoms with Gasteiger partial charge in [-0.3, -0.25) is 14.8 Å². The molecule has 2 rings (SSSR count). The van der Waals surface area contributed by atoms with Gasteiger partial charge < -0.3 is 4.74 Å². The van der Waals surface area contributed by atoms with Crippen LogP contribution in [-0.2, 0) is 0 Å². The van der Waals surface area contributed by atoms with E-state index in [4.69, 9.17) is 5.21 Å². The van der Waals surface area contributed by atoms with Crippen molar-refractivity contribution >= 4 is 18.0 Å². The Morgan fingerprint density at radius 1 is 1.11 bits per heavy atom. The van der Waals surface area contributed by atoms with Gasteiger partial charge in [0.25, 0.3) is 11.8 Å². The first kappa shape index (κ1) is 19.8. The summed E-state index contributed by atoms with van der Waals surface area (Å²) in [7, 11) is 0. The quantitative estimate of drug-likeness (QED) is 0.319.